The van der Waals surface area contributed by atoms with E-state index in [-0.39, 0.29) is 25.8 Å². The molecule has 0 amide bonds. The SMILES string of the molecule is CC1(CO)CNc2c(C#N)cc(-c3ccnc(Nc4cc(C#N)ccc4OCCO)n3)cc21. The molecular formula is C24H22N6O3. The van der Waals surface area contributed by atoms with Crippen molar-refractivity contribution in [3.63, 3.8) is 0 Å². The van der Waals surface area contributed by atoms with E-state index in [4.69, 9.17) is 9.84 Å². The van der Waals surface area contributed by atoms with Gasteiger partial charge in [-0.2, -0.15) is 10.5 Å². The summed E-state index contributed by atoms with van der Waals surface area (Å²) in [4.78, 5) is 8.86. The van der Waals surface area contributed by atoms with Crippen LogP contribution in [0.1, 0.15) is 23.6 Å². The van der Waals surface area contributed by atoms with Crippen molar-refractivity contribution in [3.05, 3.63) is 59.3 Å². The van der Waals surface area contributed by atoms with E-state index in [0.717, 1.165) is 16.8 Å². The average Bonchev–Trinajstić information content (AvgIpc) is 3.20. The second-order valence-electron chi connectivity index (χ2n) is 7.92. The monoisotopic (exact) mass is 442 g/mol. The van der Waals surface area contributed by atoms with E-state index < -0.39 is 5.41 Å². The predicted octanol–water partition coefficient (Wildman–Crippen LogP) is 2.68. The number of hydrogen-bond donors (Lipinski definition) is 4. The number of ether oxygens (including phenoxy) is 1. The van der Waals surface area contributed by atoms with Gasteiger partial charge in [-0.15, -0.1) is 0 Å². The third-order valence-electron chi connectivity index (χ3n) is 5.57. The maximum absolute atomic E-state index is 9.93. The third-order valence-corrected chi connectivity index (χ3v) is 5.57. The average molecular weight is 442 g/mol. The van der Waals surface area contributed by atoms with Crippen LogP contribution in [0.5, 0.6) is 5.75 Å². The number of aliphatic hydroxyl groups excluding tert-OH is 2. The van der Waals surface area contributed by atoms with Gasteiger partial charge < -0.3 is 25.6 Å². The van der Waals surface area contributed by atoms with Gasteiger partial charge in [-0.25, -0.2) is 9.97 Å². The molecule has 4 rings (SSSR count). The number of benzene rings is 2. The maximum atomic E-state index is 9.93. The first-order chi connectivity index (χ1) is 16.0. The molecule has 0 spiro atoms. The summed E-state index contributed by atoms with van der Waals surface area (Å²) in [5, 5.41) is 44.2. The van der Waals surface area contributed by atoms with Crippen LogP contribution >= 0.6 is 0 Å². The highest BCUT2D eigenvalue weighted by Crippen LogP contribution is 2.41. The summed E-state index contributed by atoms with van der Waals surface area (Å²) in [6, 6.07) is 14.6. The normalized spacial score (nSPS) is 16.3. The van der Waals surface area contributed by atoms with Gasteiger partial charge in [0.25, 0.3) is 0 Å². The van der Waals surface area contributed by atoms with Crippen molar-refractivity contribution in [2.24, 2.45) is 0 Å². The maximum Gasteiger partial charge on any atom is 0.227 e. The summed E-state index contributed by atoms with van der Waals surface area (Å²) in [6.07, 6.45) is 1.59. The van der Waals surface area contributed by atoms with Crippen LogP contribution in [-0.2, 0) is 5.41 Å². The van der Waals surface area contributed by atoms with E-state index in [1.165, 1.54) is 0 Å². The van der Waals surface area contributed by atoms with Gasteiger partial charge in [0.15, 0.2) is 0 Å². The van der Waals surface area contributed by atoms with E-state index in [2.05, 4.69) is 32.7 Å². The van der Waals surface area contributed by atoms with Crippen molar-refractivity contribution in [3.8, 4) is 29.1 Å². The van der Waals surface area contributed by atoms with Crippen LogP contribution in [0, 0.1) is 22.7 Å². The Hall–Kier alpha value is -4.18. The van der Waals surface area contributed by atoms with Crippen LogP contribution in [0.15, 0.2) is 42.6 Å². The summed E-state index contributed by atoms with van der Waals surface area (Å²) in [5.74, 6) is 0.727. The number of anilines is 3. The van der Waals surface area contributed by atoms with Crippen molar-refractivity contribution in [2.75, 3.05) is 37.0 Å². The van der Waals surface area contributed by atoms with Gasteiger partial charge in [0.1, 0.15) is 18.4 Å². The highest BCUT2D eigenvalue weighted by Gasteiger charge is 2.35. The van der Waals surface area contributed by atoms with Gasteiger partial charge in [0, 0.05) is 23.7 Å². The second-order valence-corrected chi connectivity index (χ2v) is 7.92. The highest BCUT2D eigenvalue weighted by atomic mass is 16.5. The number of aliphatic hydroxyl groups is 2. The van der Waals surface area contributed by atoms with Gasteiger partial charge >= 0.3 is 0 Å². The molecule has 1 aliphatic heterocycles. The van der Waals surface area contributed by atoms with Crippen molar-refractivity contribution in [1.82, 2.24) is 9.97 Å². The molecule has 0 fully saturated rings. The van der Waals surface area contributed by atoms with E-state index in [1.54, 1.807) is 36.5 Å². The highest BCUT2D eigenvalue weighted by molar-refractivity contribution is 5.76. The Labute approximate surface area is 190 Å². The smallest absolute Gasteiger partial charge is 0.227 e. The van der Waals surface area contributed by atoms with Gasteiger partial charge in [0.2, 0.25) is 5.95 Å². The summed E-state index contributed by atoms with van der Waals surface area (Å²) in [5.41, 5.74) is 3.82. The molecule has 1 atom stereocenters. The zero-order valence-electron chi connectivity index (χ0n) is 18.0. The van der Waals surface area contributed by atoms with Crippen LogP contribution in [0.25, 0.3) is 11.3 Å². The topological polar surface area (TPSA) is 147 Å². The number of fused-ring (bicyclic) bond motifs is 1. The predicted molar refractivity (Wildman–Crippen MR) is 122 cm³/mol. The summed E-state index contributed by atoms with van der Waals surface area (Å²) in [6.45, 7) is 2.39. The van der Waals surface area contributed by atoms with Crippen molar-refractivity contribution in [1.29, 1.82) is 10.5 Å². The summed E-state index contributed by atoms with van der Waals surface area (Å²) < 4.78 is 5.54. The van der Waals surface area contributed by atoms with Crippen LogP contribution < -0.4 is 15.4 Å². The number of hydrogen-bond acceptors (Lipinski definition) is 9. The minimum Gasteiger partial charge on any atom is -0.489 e. The lowest BCUT2D eigenvalue weighted by Gasteiger charge is -2.21. The van der Waals surface area contributed by atoms with E-state index in [1.807, 2.05) is 13.0 Å². The molecule has 4 N–H and O–H groups in total. The molecule has 33 heavy (non-hydrogen) atoms. The molecule has 0 saturated carbocycles. The number of nitrogens with zero attached hydrogens (tertiary/aromatic N) is 4. The lowest BCUT2D eigenvalue weighted by atomic mass is 9.83. The molecule has 0 saturated heterocycles. The molecule has 9 heteroatoms. The van der Waals surface area contributed by atoms with Gasteiger partial charge in [0.05, 0.1) is 47.5 Å². The first kappa shape index (κ1) is 22.0. The lowest BCUT2D eigenvalue weighted by molar-refractivity contribution is 0.202. The summed E-state index contributed by atoms with van der Waals surface area (Å²) >= 11 is 0. The molecule has 2 heterocycles. The standard InChI is InChI=1S/C24H22N6O3/c1-24(14-32)13-28-22-17(12-26)9-16(10-18(22)24)19-4-5-27-23(29-19)30-20-8-15(11-25)2-3-21(20)33-7-6-31/h2-5,8-10,28,31-32H,6-7,13-14H2,1H3,(H,27,29,30). The largest absolute Gasteiger partial charge is 0.489 e. The fraction of sp³-hybridized carbons (Fsp3) is 0.250. The molecule has 166 valence electrons. The fourth-order valence-corrected chi connectivity index (χ4v) is 3.74. The zero-order valence-corrected chi connectivity index (χ0v) is 18.0. The van der Waals surface area contributed by atoms with E-state index >= 15 is 0 Å². The first-order valence-electron chi connectivity index (χ1n) is 10.3. The zero-order chi connectivity index (χ0) is 23.4. The molecule has 3 aromatic rings. The minimum atomic E-state index is -0.498. The lowest BCUT2D eigenvalue weighted by Crippen LogP contribution is -2.28. The molecule has 1 aliphatic rings. The van der Waals surface area contributed by atoms with Gasteiger partial charge in [-0.3, -0.25) is 0 Å². The number of rotatable bonds is 7. The molecule has 2 aromatic carbocycles. The second kappa shape index (κ2) is 9.13. The van der Waals surface area contributed by atoms with Crippen LogP contribution in [0.3, 0.4) is 0 Å². The Bertz CT molecular complexity index is 1280. The van der Waals surface area contributed by atoms with Crippen LogP contribution in [0.4, 0.5) is 17.3 Å². The molecule has 1 aromatic heterocycles. The minimum absolute atomic E-state index is 0.0518. The van der Waals surface area contributed by atoms with Crippen LogP contribution in [-0.4, -0.2) is 46.5 Å². The first-order valence-corrected chi connectivity index (χ1v) is 10.3. The Morgan fingerprint density at radius 3 is 2.76 bits per heavy atom. The van der Waals surface area contributed by atoms with Crippen molar-refractivity contribution < 1.29 is 14.9 Å². The fourth-order valence-electron chi connectivity index (χ4n) is 3.74. The van der Waals surface area contributed by atoms with E-state index in [0.29, 0.717) is 34.8 Å². The van der Waals surface area contributed by atoms with Gasteiger partial charge in [-0.05, 0) is 42.0 Å². The Morgan fingerprint density at radius 2 is 2.03 bits per heavy atom. The number of nitriles is 2. The summed E-state index contributed by atoms with van der Waals surface area (Å²) in [7, 11) is 0. The quantitative estimate of drug-likeness (QED) is 0.433. The number of nitrogens with one attached hydrogen (secondary N) is 2. The van der Waals surface area contributed by atoms with E-state index in [9.17, 15) is 15.6 Å². The van der Waals surface area contributed by atoms with Crippen molar-refractivity contribution >= 4 is 17.3 Å². The third kappa shape index (κ3) is 4.28. The molecule has 9 nitrogen and oxygen atoms in total. The van der Waals surface area contributed by atoms with Crippen molar-refractivity contribution in [2.45, 2.75) is 12.3 Å². The number of aromatic nitrogens is 2. The van der Waals surface area contributed by atoms with Crippen LogP contribution in [0.2, 0.25) is 0 Å². The van der Waals surface area contributed by atoms with Gasteiger partial charge in [-0.1, -0.05) is 6.92 Å². The Kier molecular flexibility index (Phi) is 6.09. The molecular weight excluding hydrogens is 420 g/mol. The molecule has 1 unspecified atom stereocenters. The Morgan fingerprint density at radius 1 is 1.18 bits per heavy atom. The molecule has 0 radical (unpaired) electrons. The molecule has 0 bridgehead atoms. The Balaban J connectivity index is 1.72. The molecule has 0 aliphatic carbocycles.